The van der Waals surface area contributed by atoms with E-state index in [0.717, 1.165) is 11.2 Å². The summed E-state index contributed by atoms with van der Waals surface area (Å²) >= 11 is 0. The zero-order valence-corrected chi connectivity index (χ0v) is 18.1. The van der Waals surface area contributed by atoms with Crippen molar-refractivity contribution in [1.82, 2.24) is 35.0 Å². The molecular formula is C20H25N9O4. The molecule has 2 aliphatic heterocycles. The number of piperazine rings is 1. The Morgan fingerprint density at radius 2 is 2.09 bits per heavy atom. The first kappa shape index (κ1) is 21.0. The number of nitrogens with one attached hydrogen (secondary N) is 3. The number of aromatic amines is 1. The molecule has 13 heteroatoms. The van der Waals surface area contributed by atoms with Gasteiger partial charge in [0, 0.05) is 57.2 Å². The molecule has 4 N–H and O–H groups in total. The molecule has 174 valence electrons. The Kier molecular flexibility index (Phi) is 5.24. The lowest BCUT2D eigenvalue weighted by molar-refractivity contribution is -0.138. The van der Waals surface area contributed by atoms with Crippen LogP contribution in [0.5, 0.6) is 0 Å². The van der Waals surface area contributed by atoms with Crippen LogP contribution in [0.15, 0.2) is 24.4 Å². The summed E-state index contributed by atoms with van der Waals surface area (Å²) in [6.07, 6.45) is 0.948. The number of hydrogen-bond acceptors (Lipinski definition) is 8. The van der Waals surface area contributed by atoms with E-state index >= 15 is 0 Å². The minimum absolute atomic E-state index is 0.0491. The van der Waals surface area contributed by atoms with E-state index in [4.69, 9.17) is 9.72 Å². The molecule has 33 heavy (non-hydrogen) atoms. The maximum absolute atomic E-state index is 13.1. The monoisotopic (exact) mass is 455 g/mol. The summed E-state index contributed by atoms with van der Waals surface area (Å²) in [6.45, 7) is 4.21. The highest BCUT2D eigenvalue weighted by Crippen LogP contribution is 2.25. The maximum atomic E-state index is 13.1. The third-order valence-corrected chi connectivity index (χ3v) is 5.96. The van der Waals surface area contributed by atoms with Gasteiger partial charge in [0.2, 0.25) is 5.95 Å². The van der Waals surface area contributed by atoms with Gasteiger partial charge in [0.1, 0.15) is 11.1 Å². The smallest absolute Gasteiger partial charge is 0.405 e. The van der Waals surface area contributed by atoms with Crippen LogP contribution in [0.2, 0.25) is 0 Å². The SMILES string of the molecule is Cc1cc(Nc2nc(N3CCN(C(=O)C4(NC(=O)O)CCOC4)CC3)nn3cccc23)n[nH]1. The summed E-state index contributed by atoms with van der Waals surface area (Å²) in [5.41, 5.74) is 0.533. The van der Waals surface area contributed by atoms with Gasteiger partial charge >= 0.3 is 6.09 Å². The molecule has 2 fully saturated rings. The lowest BCUT2D eigenvalue weighted by Crippen LogP contribution is -2.63. The highest BCUT2D eigenvalue weighted by molar-refractivity contribution is 5.90. The number of rotatable bonds is 5. The molecule has 0 aromatic carbocycles. The van der Waals surface area contributed by atoms with Gasteiger partial charge in [-0.2, -0.15) is 10.1 Å². The molecular weight excluding hydrogens is 430 g/mol. The second kappa shape index (κ2) is 8.24. The first-order valence-electron chi connectivity index (χ1n) is 10.7. The van der Waals surface area contributed by atoms with E-state index < -0.39 is 11.6 Å². The van der Waals surface area contributed by atoms with Crippen LogP contribution in [0.3, 0.4) is 0 Å². The summed E-state index contributed by atoms with van der Waals surface area (Å²) in [5, 5.41) is 26.6. The molecule has 3 aromatic heterocycles. The molecule has 3 aromatic rings. The number of ether oxygens (including phenoxy) is 1. The van der Waals surface area contributed by atoms with E-state index in [-0.39, 0.29) is 12.5 Å². The molecule has 1 unspecified atom stereocenters. The van der Waals surface area contributed by atoms with Gasteiger partial charge in [0.25, 0.3) is 5.91 Å². The minimum atomic E-state index is -1.23. The van der Waals surface area contributed by atoms with E-state index in [1.165, 1.54) is 0 Å². The molecule has 13 nitrogen and oxygen atoms in total. The standard InChI is InChI=1S/C20H25N9O4/c1-13-11-15(25-24-13)21-16-14-3-2-5-29(14)26-18(22-16)28-8-6-27(7-9-28)17(30)20(23-19(31)32)4-10-33-12-20/h2-3,5,11,23H,4,6-10,12H2,1H3,(H,31,32)(H2,21,22,24,25,26). The Labute approximate surface area is 188 Å². The minimum Gasteiger partial charge on any atom is -0.465 e. The van der Waals surface area contributed by atoms with Gasteiger partial charge in [-0.05, 0) is 19.1 Å². The van der Waals surface area contributed by atoms with Crippen molar-refractivity contribution in [3.8, 4) is 0 Å². The number of aromatic nitrogens is 5. The van der Waals surface area contributed by atoms with E-state index in [9.17, 15) is 14.7 Å². The predicted molar refractivity (Wildman–Crippen MR) is 118 cm³/mol. The summed E-state index contributed by atoms with van der Waals surface area (Å²) < 4.78 is 7.09. The van der Waals surface area contributed by atoms with Crippen LogP contribution in [0.4, 0.5) is 22.4 Å². The maximum Gasteiger partial charge on any atom is 0.405 e. The molecule has 2 aliphatic rings. The van der Waals surface area contributed by atoms with Crippen LogP contribution in [0.25, 0.3) is 5.52 Å². The van der Waals surface area contributed by atoms with Gasteiger partial charge in [-0.1, -0.05) is 0 Å². The number of H-pyrrole nitrogens is 1. The van der Waals surface area contributed by atoms with E-state index in [1.807, 2.05) is 36.2 Å². The number of amides is 2. The van der Waals surface area contributed by atoms with Gasteiger partial charge in [-0.25, -0.2) is 9.31 Å². The highest BCUT2D eigenvalue weighted by Gasteiger charge is 2.46. The number of aryl methyl sites for hydroxylation is 1. The van der Waals surface area contributed by atoms with Gasteiger partial charge in [-0.15, -0.1) is 5.10 Å². The molecule has 0 spiro atoms. The number of anilines is 3. The van der Waals surface area contributed by atoms with E-state index in [2.05, 4.69) is 25.9 Å². The van der Waals surface area contributed by atoms with Crippen LogP contribution >= 0.6 is 0 Å². The number of carboxylic acid groups (broad SMARTS) is 1. The number of carbonyl (C=O) groups excluding carboxylic acids is 1. The van der Waals surface area contributed by atoms with Crippen LogP contribution in [0, 0.1) is 6.92 Å². The molecule has 0 bridgehead atoms. The fourth-order valence-corrected chi connectivity index (χ4v) is 4.25. The number of fused-ring (bicyclic) bond motifs is 1. The molecule has 5 heterocycles. The largest absolute Gasteiger partial charge is 0.465 e. The van der Waals surface area contributed by atoms with Crippen molar-refractivity contribution in [2.75, 3.05) is 49.6 Å². The van der Waals surface area contributed by atoms with Gasteiger partial charge in [0.05, 0.1) is 6.61 Å². The van der Waals surface area contributed by atoms with Crippen molar-refractivity contribution < 1.29 is 19.4 Å². The summed E-state index contributed by atoms with van der Waals surface area (Å²) in [7, 11) is 0. The average molecular weight is 455 g/mol. The zero-order chi connectivity index (χ0) is 23.0. The topological polar surface area (TPSA) is 153 Å². The fourth-order valence-electron chi connectivity index (χ4n) is 4.25. The van der Waals surface area contributed by atoms with Gasteiger partial charge in [0.15, 0.2) is 11.6 Å². The number of nitrogens with zero attached hydrogens (tertiary/aromatic N) is 6. The zero-order valence-electron chi connectivity index (χ0n) is 18.1. The van der Waals surface area contributed by atoms with Crippen molar-refractivity contribution in [3.05, 3.63) is 30.1 Å². The third kappa shape index (κ3) is 4.02. The predicted octanol–water partition coefficient (Wildman–Crippen LogP) is 0.580. The highest BCUT2D eigenvalue weighted by atomic mass is 16.5. The van der Waals surface area contributed by atoms with Crippen LogP contribution < -0.4 is 15.5 Å². The van der Waals surface area contributed by atoms with Crippen molar-refractivity contribution >= 4 is 35.1 Å². The van der Waals surface area contributed by atoms with Gasteiger partial charge in [-0.3, -0.25) is 9.89 Å². The summed E-state index contributed by atoms with van der Waals surface area (Å²) in [4.78, 5) is 32.8. The van der Waals surface area contributed by atoms with Crippen molar-refractivity contribution in [3.63, 3.8) is 0 Å². The second-order valence-corrected chi connectivity index (χ2v) is 8.25. The third-order valence-electron chi connectivity index (χ3n) is 5.96. The Morgan fingerprint density at radius 3 is 2.76 bits per heavy atom. The Hall–Kier alpha value is -3.87. The normalized spacial score (nSPS) is 20.9. The van der Waals surface area contributed by atoms with Crippen molar-refractivity contribution in [2.24, 2.45) is 0 Å². The first-order chi connectivity index (χ1) is 15.9. The first-order valence-corrected chi connectivity index (χ1v) is 10.7. The number of hydrogen-bond donors (Lipinski definition) is 4. The molecule has 2 amide bonds. The Bertz CT molecular complexity index is 1180. The van der Waals surface area contributed by atoms with Crippen molar-refractivity contribution in [1.29, 1.82) is 0 Å². The second-order valence-electron chi connectivity index (χ2n) is 8.25. The van der Waals surface area contributed by atoms with E-state index in [1.54, 1.807) is 9.42 Å². The Morgan fingerprint density at radius 1 is 1.27 bits per heavy atom. The fraction of sp³-hybridized carbons (Fsp3) is 0.450. The lowest BCUT2D eigenvalue weighted by atomic mass is 9.96. The molecule has 0 aliphatic carbocycles. The number of carbonyl (C=O) groups is 2. The summed E-state index contributed by atoms with van der Waals surface area (Å²) in [5.74, 6) is 1.57. The average Bonchev–Trinajstić information content (AvgIpc) is 3.55. The molecule has 2 saturated heterocycles. The van der Waals surface area contributed by atoms with Crippen LogP contribution in [0.1, 0.15) is 12.1 Å². The Balaban J connectivity index is 1.32. The van der Waals surface area contributed by atoms with Crippen LogP contribution in [-0.2, 0) is 9.53 Å². The molecule has 0 saturated carbocycles. The molecule has 5 rings (SSSR count). The molecule has 1 atom stereocenters. The van der Waals surface area contributed by atoms with E-state index in [0.29, 0.717) is 56.8 Å². The summed E-state index contributed by atoms with van der Waals surface area (Å²) in [6, 6.07) is 5.70. The van der Waals surface area contributed by atoms with Crippen molar-refractivity contribution in [2.45, 2.75) is 18.9 Å². The lowest BCUT2D eigenvalue weighted by Gasteiger charge is -2.39. The quantitative estimate of drug-likeness (QED) is 0.433. The molecule has 0 radical (unpaired) electrons. The van der Waals surface area contributed by atoms with Gasteiger partial charge < -0.3 is 30.3 Å². The van der Waals surface area contributed by atoms with Crippen LogP contribution in [-0.4, -0.2) is 91.7 Å².